The monoisotopic (exact) mass is 339 g/mol. The third kappa shape index (κ3) is 4.12. The summed E-state index contributed by atoms with van der Waals surface area (Å²) in [6.45, 7) is 3.98. The molecule has 1 aliphatic heterocycles. The number of carbonyl (C=O) groups is 1. The molecule has 0 fully saturated rings. The van der Waals surface area contributed by atoms with Gasteiger partial charge in [0.2, 0.25) is 0 Å². The van der Waals surface area contributed by atoms with E-state index in [2.05, 4.69) is 46.7 Å². The third-order valence-electron chi connectivity index (χ3n) is 4.71. The van der Waals surface area contributed by atoms with Crippen LogP contribution in [0.4, 0.5) is 10.5 Å². The van der Waals surface area contributed by atoms with Crippen molar-refractivity contribution in [2.24, 2.45) is 0 Å². The Labute approximate surface area is 148 Å². The van der Waals surface area contributed by atoms with E-state index in [1.807, 2.05) is 24.3 Å². The van der Waals surface area contributed by atoms with Gasteiger partial charge in [0.05, 0.1) is 6.61 Å². The molecule has 5 nitrogen and oxygen atoms in total. The Morgan fingerprint density at radius 2 is 1.84 bits per heavy atom. The van der Waals surface area contributed by atoms with E-state index < -0.39 is 0 Å². The molecule has 2 aromatic carbocycles. The second-order valence-corrected chi connectivity index (χ2v) is 6.41. The molecule has 0 saturated heterocycles. The highest BCUT2D eigenvalue weighted by atomic mass is 16.3. The van der Waals surface area contributed by atoms with E-state index in [0.29, 0.717) is 19.1 Å². The number of fused-ring (bicyclic) bond motifs is 1. The summed E-state index contributed by atoms with van der Waals surface area (Å²) in [5, 5.41) is 15.1. The molecule has 0 bridgehead atoms. The van der Waals surface area contributed by atoms with Crippen molar-refractivity contribution in [2.75, 3.05) is 18.0 Å². The quantitative estimate of drug-likeness (QED) is 0.757. The van der Waals surface area contributed by atoms with Gasteiger partial charge < -0.3 is 20.6 Å². The van der Waals surface area contributed by atoms with Crippen LogP contribution in [-0.2, 0) is 19.6 Å². The van der Waals surface area contributed by atoms with Crippen LogP contribution < -0.4 is 15.5 Å². The van der Waals surface area contributed by atoms with Gasteiger partial charge in [-0.1, -0.05) is 42.5 Å². The molecule has 0 aliphatic carbocycles. The lowest BCUT2D eigenvalue weighted by Gasteiger charge is -2.25. The molecule has 3 N–H and O–H groups in total. The topological polar surface area (TPSA) is 64.6 Å². The van der Waals surface area contributed by atoms with Gasteiger partial charge in [-0.25, -0.2) is 4.79 Å². The first-order valence-corrected chi connectivity index (χ1v) is 8.73. The van der Waals surface area contributed by atoms with Crippen molar-refractivity contribution in [1.29, 1.82) is 0 Å². The van der Waals surface area contributed by atoms with Crippen molar-refractivity contribution in [3.05, 3.63) is 65.2 Å². The van der Waals surface area contributed by atoms with Crippen molar-refractivity contribution in [3.8, 4) is 0 Å². The largest absolute Gasteiger partial charge is 0.392 e. The average molecular weight is 339 g/mol. The van der Waals surface area contributed by atoms with Crippen molar-refractivity contribution in [2.45, 2.75) is 32.5 Å². The number of carbonyl (C=O) groups excluding carboxylic acids is 1. The van der Waals surface area contributed by atoms with Crippen LogP contribution in [0.3, 0.4) is 0 Å². The maximum absolute atomic E-state index is 12.0. The highest BCUT2D eigenvalue weighted by Gasteiger charge is 2.24. The zero-order chi connectivity index (χ0) is 17.6. The molecular weight excluding hydrogens is 314 g/mol. The summed E-state index contributed by atoms with van der Waals surface area (Å²) in [6, 6.07) is 16.3. The van der Waals surface area contributed by atoms with Crippen molar-refractivity contribution in [3.63, 3.8) is 0 Å². The van der Waals surface area contributed by atoms with Crippen LogP contribution in [0.25, 0.3) is 0 Å². The number of nitrogens with one attached hydrogen (secondary N) is 2. The molecule has 25 heavy (non-hydrogen) atoms. The maximum atomic E-state index is 12.0. The Hall–Kier alpha value is -2.53. The van der Waals surface area contributed by atoms with Crippen molar-refractivity contribution < 1.29 is 9.90 Å². The number of hydrogen-bond acceptors (Lipinski definition) is 3. The van der Waals surface area contributed by atoms with Gasteiger partial charge in [-0.2, -0.15) is 0 Å². The molecule has 132 valence electrons. The normalized spacial score (nSPS) is 15.8. The number of nitrogens with zero attached hydrogens (tertiary/aromatic N) is 1. The molecular formula is C20H25N3O2. The number of aliphatic hydroxyl groups excluding tert-OH is 1. The molecule has 1 aliphatic rings. The van der Waals surface area contributed by atoms with E-state index in [9.17, 15) is 9.90 Å². The molecule has 1 atom stereocenters. The van der Waals surface area contributed by atoms with Gasteiger partial charge in [0.25, 0.3) is 0 Å². The molecule has 0 aromatic heterocycles. The van der Waals surface area contributed by atoms with Gasteiger partial charge in [-0.15, -0.1) is 0 Å². The summed E-state index contributed by atoms with van der Waals surface area (Å²) in [5.74, 6) is 0. The van der Waals surface area contributed by atoms with Crippen LogP contribution >= 0.6 is 0 Å². The van der Waals surface area contributed by atoms with Gasteiger partial charge in [-0.3, -0.25) is 0 Å². The number of para-hydroxylation sites is 1. The highest BCUT2D eigenvalue weighted by Crippen LogP contribution is 2.31. The summed E-state index contributed by atoms with van der Waals surface area (Å²) in [4.78, 5) is 14.4. The first-order chi connectivity index (χ1) is 12.2. The molecule has 2 aromatic rings. The Kier molecular flexibility index (Phi) is 5.56. The first-order valence-electron chi connectivity index (χ1n) is 8.73. The van der Waals surface area contributed by atoms with E-state index in [0.717, 1.165) is 24.1 Å². The lowest BCUT2D eigenvalue weighted by atomic mass is 10.1. The zero-order valence-corrected chi connectivity index (χ0v) is 14.5. The van der Waals surface area contributed by atoms with Crippen molar-refractivity contribution >= 4 is 11.7 Å². The molecule has 1 unspecified atom stereocenters. The van der Waals surface area contributed by atoms with E-state index in [1.54, 1.807) is 0 Å². The van der Waals surface area contributed by atoms with Gasteiger partial charge in [0, 0.05) is 31.4 Å². The standard InChI is InChI=1S/C20H25N3O2/c1-15-12-16-6-4-5-9-19(16)23(15)11-10-21-20(25)22-13-17-7-2-3-8-18(17)14-24/h2-9,15,24H,10-14H2,1H3,(H2,21,22,25). The minimum atomic E-state index is -0.187. The van der Waals surface area contributed by atoms with Gasteiger partial charge >= 0.3 is 6.03 Å². The summed E-state index contributed by atoms with van der Waals surface area (Å²) in [6.07, 6.45) is 1.06. The number of urea groups is 1. The summed E-state index contributed by atoms with van der Waals surface area (Å²) in [5.41, 5.74) is 4.42. The molecule has 5 heteroatoms. The number of aliphatic hydroxyl groups is 1. The van der Waals surface area contributed by atoms with Crippen LogP contribution in [0.2, 0.25) is 0 Å². The molecule has 0 spiro atoms. The highest BCUT2D eigenvalue weighted by molar-refractivity contribution is 5.74. The second kappa shape index (κ2) is 8.03. The summed E-state index contributed by atoms with van der Waals surface area (Å²) in [7, 11) is 0. The van der Waals surface area contributed by atoms with E-state index in [4.69, 9.17) is 0 Å². The predicted molar refractivity (Wildman–Crippen MR) is 99.6 cm³/mol. The van der Waals surface area contributed by atoms with E-state index >= 15 is 0 Å². The van der Waals surface area contributed by atoms with Gasteiger partial charge in [-0.05, 0) is 36.1 Å². The number of anilines is 1. The smallest absolute Gasteiger partial charge is 0.315 e. The molecule has 1 heterocycles. The van der Waals surface area contributed by atoms with Gasteiger partial charge in [0.1, 0.15) is 0 Å². The lowest BCUT2D eigenvalue weighted by molar-refractivity contribution is 0.240. The third-order valence-corrected chi connectivity index (χ3v) is 4.71. The maximum Gasteiger partial charge on any atom is 0.315 e. The van der Waals surface area contributed by atoms with E-state index in [-0.39, 0.29) is 12.6 Å². The molecule has 3 rings (SSSR count). The van der Waals surface area contributed by atoms with E-state index in [1.165, 1.54) is 11.3 Å². The molecule has 2 amide bonds. The first kappa shape index (κ1) is 17.3. The predicted octanol–water partition coefficient (Wildman–Crippen LogP) is 2.43. The zero-order valence-electron chi connectivity index (χ0n) is 14.5. The summed E-state index contributed by atoms with van der Waals surface area (Å²) < 4.78 is 0. The fourth-order valence-corrected chi connectivity index (χ4v) is 3.38. The Balaban J connectivity index is 1.45. The fraction of sp³-hybridized carbons (Fsp3) is 0.350. The Bertz CT molecular complexity index is 732. The number of amides is 2. The van der Waals surface area contributed by atoms with Crippen LogP contribution in [-0.4, -0.2) is 30.3 Å². The van der Waals surface area contributed by atoms with Crippen LogP contribution in [0.15, 0.2) is 48.5 Å². The van der Waals surface area contributed by atoms with Crippen LogP contribution in [0.1, 0.15) is 23.6 Å². The number of hydrogen-bond donors (Lipinski definition) is 3. The lowest BCUT2D eigenvalue weighted by Crippen LogP contribution is -2.41. The second-order valence-electron chi connectivity index (χ2n) is 6.41. The number of benzene rings is 2. The molecule has 0 radical (unpaired) electrons. The molecule has 0 saturated carbocycles. The summed E-state index contributed by atoms with van der Waals surface area (Å²) >= 11 is 0. The minimum Gasteiger partial charge on any atom is -0.392 e. The average Bonchev–Trinajstić information content (AvgIpc) is 2.96. The fourth-order valence-electron chi connectivity index (χ4n) is 3.38. The Morgan fingerprint density at radius 3 is 2.64 bits per heavy atom. The Morgan fingerprint density at radius 1 is 1.12 bits per heavy atom. The van der Waals surface area contributed by atoms with Gasteiger partial charge in [0.15, 0.2) is 0 Å². The van der Waals surface area contributed by atoms with Crippen LogP contribution in [0, 0.1) is 0 Å². The SMILES string of the molecule is CC1Cc2ccccc2N1CCNC(=O)NCc1ccccc1CO. The van der Waals surface area contributed by atoms with Crippen molar-refractivity contribution in [1.82, 2.24) is 10.6 Å². The number of rotatable bonds is 6. The van der Waals surface area contributed by atoms with Crippen LogP contribution in [0.5, 0.6) is 0 Å². The minimum absolute atomic E-state index is 0.0221.